The molecule has 4 nitrogen and oxygen atoms in total. The van der Waals surface area contributed by atoms with E-state index in [0.29, 0.717) is 19.0 Å². The number of carbonyl (C=O) groups excluding carboxylic acids is 2. The van der Waals surface area contributed by atoms with Gasteiger partial charge in [-0.15, -0.1) is 0 Å². The van der Waals surface area contributed by atoms with E-state index in [1.807, 2.05) is 34.5 Å². The van der Waals surface area contributed by atoms with Crippen molar-refractivity contribution in [2.24, 2.45) is 5.92 Å². The van der Waals surface area contributed by atoms with Crippen LogP contribution in [0.4, 0.5) is 0 Å². The van der Waals surface area contributed by atoms with E-state index in [-0.39, 0.29) is 11.8 Å². The Bertz CT molecular complexity index is 755. The number of hydrogen-bond acceptors (Lipinski definition) is 3. The number of carbonyl (C=O) groups is 2. The molecule has 3 rings (SSSR count). The van der Waals surface area contributed by atoms with Gasteiger partial charge in [0, 0.05) is 25.2 Å². The summed E-state index contributed by atoms with van der Waals surface area (Å²) >= 11 is 1.65. The summed E-state index contributed by atoms with van der Waals surface area (Å²) in [6, 6.07) is 9.87. The molecule has 2 heterocycles. The predicted molar refractivity (Wildman–Crippen MR) is 102 cm³/mol. The van der Waals surface area contributed by atoms with Gasteiger partial charge in [-0.2, -0.15) is 11.3 Å². The zero-order chi connectivity index (χ0) is 17.6. The second kappa shape index (κ2) is 8.12. The van der Waals surface area contributed by atoms with Crippen LogP contribution in [-0.2, 0) is 4.79 Å². The van der Waals surface area contributed by atoms with Gasteiger partial charge in [0.05, 0.1) is 0 Å². The van der Waals surface area contributed by atoms with Crippen LogP contribution in [0.25, 0.3) is 11.1 Å². The van der Waals surface area contributed by atoms with Crippen molar-refractivity contribution in [2.45, 2.75) is 12.8 Å². The van der Waals surface area contributed by atoms with E-state index < -0.39 is 0 Å². The smallest absolute Gasteiger partial charge is 0.253 e. The van der Waals surface area contributed by atoms with E-state index in [1.165, 1.54) is 6.08 Å². The zero-order valence-electron chi connectivity index (χ0n) is 14.1. The molecular weight excluding hydrogens is 332 g/mol. The molecule has 1 N–H and O–H groups in total. The Hall–Kier alpha value is -2.40. The molecule has 0 saturated carbocycles. The van der Waals surface area contributed by atoms with Gasteiger partial charge in [-0.25, -0.2) is 0 Å². The van der Waals surface area contributed by atoms with Crippen LogP contribution in [0.3, 0.4) is 0 Å². The van der Waals surface area contributed by atoms with E-state index in [0.717, 1.165) is 36.1 Å². The van der Waals surface area contributed by atoms with Crippen LogP contribution >= 0.6 is 11.3 Å². The number of thiophene rings is 1. The first kappa shape index (κ1) is 17.4. The highest BCUT2D eigenvalue weighted by atomic mass is 32.1. The maximum Gasteiger partial charge on any atom is 0.253 e. The van der Waals surface area contributed by atoms with Crippen molar-refractivity contribution in [1.82, 2.24) is 10.2 Å². The van der Waals surface area contributed by atoms with Crippen LogP contribution in [0.1, 0.15) is 23.2 Å². The molecule has 0 aliphatic carbocycles. The zero-order valence-corrected chi connectivity index (χ0v) is 14.9. The second-order valence-electron chi connectivity index (χ2n) is 6.30. The lowest BCUT2D eigenvalue weighted by Gasteiger charge is -2.33. The van der Waals surface area contributed by atoms with Gasteiger partial charge in [-0.1, -0.05) is 18.7 Å². The summed E-state index contributed by atoms with van der Waals surface area (Å²) in [6.07, 6.45) is 3.27. The van der Waals surface area contributed by atoms with Crippen molar-refractivity contribution in [3.63, 3.8) is 0 Å². The van der Waals surface area contributed by atoms with Crippen LogP contribution in [0.2, 0.25) is 0 Å². The third-order valence-corrected chi connectivity index (χ3v) is 5.20. The third-order valence-electron chi connectivity index (χ3n) is 4.52. The molecule has 2 aromatic rings. The highest BCUT2D eigenvalue weighted by molar-refractivity contribution is 7.08. The lowest BCUT2D eigenvalue weighted by Crippen LogP contribution is -2.43. The molecule has 25 heavy (non-hydrogen) atoms. The van der Waals surface area contributed by atoms with Gasteiger partial charge >= 0.3 is 0 Å². The molecule has 0 spiro atoms. The Balaban J connectivity index is 1.67. The van der Waals surface area contributed by atoms with E-state index in [4.69, 9.17) is 0 Å². The van der Waals surface area contributed by atoms with E-state index >= 15 is 0 Å². The summed E-state index contributed by atoms with van der Waals surface area (Å²) in [4.78, 5) is 26.1. The molecule has 1 aliphatic heterocycles. The number of nitrogens with one attached hydrogen (secondary N) is 1. The molecule has 2 amide bonds. The van der Waals surface area contributed by atoms with Crippen LogP contribution in [0, 0.1) is 5.92 Å². The predicted octanol–water partition coefficient (Wildman–Crippen LogP) is 3.57. The van der Waals surface area contributed by atoms with Crippen LogP contribution in [0.15, 0.2) is 53.7 Å². The maximum absolute atomic E-state index is 12.9. The average Bonchev–Trinajstić information content (AvgIpc) is 3.20. The first-order valence-corrected chi connectivity index (χ1v) is 9.44. The summed E-state index contributed by atoms with van der Waals surface area (Å²) < 4.78 is 0. The van der Waals surface area contributed by atoms with Crippen LogP contribution in [-0.4, -0.2) is 36.3 Å². The fourth-order valence-corrected chi connectivity index (χ4v) is 3.84. The number of rotatable bonds is 5. The number of hydrogen-bond donors (Lipinski definition) is 1. The number of likely N-dealkylation sites (tertiary alicyclic amines) is 1. The minimum Gasteiger partial charge on any atom is -0.352 e. The van der Waals surface area contributed by atoms with Crippen molar-refractivity contribution in [3.05, 3.63) is 59.3 Å². The van der Waals surface area contributed by atoms with Crippen molar-refractivity contribution in [3.8, 4) is 11.1 Å². The highest BCUT2D eigenvalue weighted by Crippen LogP contribution is 2.24. The molecule has 1 fully saturated rings. The minimum atomic E-state index is -0.160. The monoisotopic (exact) mass is 354 g/mol. The number of piperidine rings is 1. The maximum atomic E-state index is 12.9. The van der Waals surface area contributed by atoms with Gasteiger partial charge in [0.15, 0.2) is 0 Å². The summed E-state index contributed by atoms with van der Waals surface area (Å²) in [5.41, 5.74) is 2.93. The fraction of sp³-hybridized carbons (Fsp3) is 0.300. The molecule has 0 bridgehead atoms. The highest BCUT2D eigenvalue weighted by Gasteiger charge is 2.24. The SMILES string of the molecule is C=CC(=O)NC[C@H]1CCCN(C(=O)c2cccc(-c3ccsc3)c2)C1. The van der Waals surface area contributed by atoms with Crippen molar-refractivity contribution in [1.29, 1.82) is 0 Å². The number of nitrogens with zero attached hydrogens (tertiary/aromatic N) is 1. The Morgan fingerprint density at radius 3 is 2.96 bits per heavy atom. The van der Waals surface area contributed by atoms with Gasteiger partial charge in [0.1, 0.15) is 0 Å². The summed E-state index contributed by atoms with van der Waals surface area (Å²) in [6.45, 7) is 5.50. The van der Waals surface area contributed by atoms with Crippen molar-refractivity contribution < 1.29 is 9.59 Å². The second-order valence-corrected chi connectivity index (χ2v) is 7.08. The summed E-state index contributed by atoms with van der Waals surface area (Å²) in [7, 11) is 0. The molecule has 1 aromatic heterocycles. The van der Waals surface area contributed by atoms with Crippen molar-refractivity contribution >= 4 is 23.2 Å². The van der Waals surface area contributed by atoms with Crippen LogP contribution in [0.5, 0.6) is 0 Å². The first-order chi connectivity index (χ1) is 12.2. The first-order valence-electron chi connectivity index (χ1n) is 8.49. The molecule has 0 radical (unpaired) electrons. The van der Waals surface area contributed by atoms with Gasteiger partial charge < -0.3 is 10.2 Å². The lowest BCUT2D eigenvalue weighted by molar-refractivity contribution is -0.116. The molecule has 130 valence electrons. The van der Waals surface area contributed by atoms with E-state index in [1.54, 1.807) is 11.3 Å². The third kappa shape index (κ3) is 4.37. The molecular formula is C20H22N2O2S. The lowest BCUT2D eigenvalue weighted by atomic mass is 9.97. The Morgan fingerprint density at radius 2 is 2.20 bits per heavy atom. The van der Waals surface area contributed by atoms with Gasteiger partial charge in [-0.3, -0.25) is 9.59 Å². The van der Waals surface area contributed by atoms with Crippen LogP contribution < -0.4 is 5.32 Å². The molecule has 5 heteroatoms. The van der Waals surface area contributed by atoms with Gasteiger partial charge in [0.2, 0.25) is 5.91 Å². The van der Waals surface area contributed by atoms with Crippen molar-refractivity contribution in [2.75, 3.05) is 19.6 Å². The molecule has 1 aromatic carbocycles. The quantitative estimate of drug-likeness (QED) is 0.835. The van der Waals surface area contributed by atoms with Gasteiger partial charge in [-0.05, 0) is 64.9 Å². The van der Waals surface area contributed by atoms with Gasteiger partial charge in [0.25, 0.3) is 5.91 Å². The number of benzene rings is 1. The average molecular weight is 354 g/mol. The van der Waals surface area contributed by atoms with E-state index in [2.05, 4.69) is 23.3 Å². The Kier molecular flexibility index (Phi) is 5.66. The Morgan fingerprint density at radius 1 is 1.32 bits per heavy atom. The molecule has 1 aliphatic rings. The normalized spacial score (nSPS) is 17.1. The minimum absolute atomic E-state index is 0.0665. The standard InChI is InChI=1S/C20H22N2O2S/c1-2-19(23)21-12-15-5-4-9-22(13-15)20(24)17-7-3-6-16(11-17)18-8-10-25-14-18/h2-3,6-8,10-11,14-15H,1,4-5,9,12-13H2,(H,21,23)/t15-/m1/s1. The summed E-state index contributed by atoms with van der Waals surface area (Å²) in [5, 5.41) is 6.96. The largest absolute Gasteiger partial charge is 0.352 e. The number of amides is 2. The Labute approximate surface area is 152 Å². The van der Waals surface area contributed by atoms with E-state index in [9.17, 15) is 9.59 Å². The molecule has 0 unspecified atom stereocenters. The molecule has 1 saturated heterocycles. The fourth-order valence-electron chi connectivity index (χ4n) is 3.18. The molecule has 1 atom stereocenters. The topological polar surface area (TPSA) is 49.4 Å². The summed E-state index contributed by atoms with van der Waals surface area (Å²) in [5.74, 6) is 0.199.